The van der Waals surface area contributed by atoms with Crippen LogP contribution in [0.5, 0.6) is 0 Å². The van der Waals surface area contributed by atoms with Crippen LogP contribution < -0.4 is 11.1 Å². The average Bonchev–Trinajstić information content (AvgIpc) is 2.97. The number of benzene rings is 1. The van der Waals surface area contributed by atoms with Gasteiger partial charge in [0, 0.05) is 4.88 Å². The molecule has 21 heavy (non-hydrogen) atoms. The number of nitrogens with two attached hydrogens (primary N) is 1. The zero-order chi connectivity index (χ0) is 14.8. The lowest BCUT2D eigenvalue weighted by molar-refractivity contribution is -0.117. The molecule has 106 valence electrons. The molecular formula is C16H15N3OS. The van der Waals surface area contributed by atoms with Crippen molar-refractivity contribution in [2.45, 2.75) is 25.2 Å². The lowest BCUT2D eigenvalue weighted by Crippen LogP contribution is -2.24. The van der Waals surface area contributed by atoms with Crippen molar-refractivity contribution >= 4 is 28.6 Å². The van der Waals surface area contributed by atoms with E-state index in [0.29, 0.717) is 16.9 Å². The number of anilines is 2. The number of carbonyl (C=O) groups is 1. The molecule has 0 aliphatic heterocycles. The Morgan fingerprint density at radius 2 is 2.29 bits per heavy atom. The summed E-state index contributed by atoms with van der Waals surface area (Å²) in [7, 11) is 0. The number of nitriles is 1. The molecule has 1 heterocycles. The van der Waals surface area contributed by atoms with Gasteiger partial charge in [-0.25, -0.2) is 0 Å². The third kappa shape index (κ3) is 2.63. The van der Waals surface area contributed by atoms with Crippen molar-refractivity contribution in [2.24, 2.45) is 0 Å². The summed E-state index contributed by atoms with van der Waals surface area (Å²) in [5.41, 5.74) is 8.51. The highest BCUT2D eigenvalue weighted by atomic mass is 32.1. The molecule has 0 bridgehead atoms. The third-order valence-electron chi connectivity index (χ3n) is 3.81. The first-order valence-electron chi connectivity index (χ1n) is 6.86. The van der Waals surface area contributed by atoms with E-state index in [-0.39, 0.29) is 11.8 Å². The standard InChI is InChI=1S/C16H15N3OS/c17-9-10-4-5-14(13(18)8-10)19-16(20)12-2-1-3-15-11(12)6-7-21-15/h4-8,12H,1-3,18H2,(H,19,20). The molecule has 0 radical (unpaired) electrons. The molecule has 1 aromatic carbocycles. The molecular weight excluding hydrogens is 282 g/mol. The van der Waals surface area contributed by atoms with Gasteiger partial charge in [0.15, 0.2) is 0 Å². The average molecular weight is 297 g/mol. The van der Waals surface area contributed by atoms with Crippen molar-refractivity contribution < 1.29 is 4.79 Å². The van der Waals surface area contributed by atoms with E-state index in [9.17, 15) is 4.79 Å². The van der Waals surface area contributed by atoms with Crippen LogP contribution in [0.1, 0.15) is 34.8 Å². The molecule has 0 saturated carbocycles. The van der Waals surface area contributed by atoms with Crippen LogP contribution in [0.3, 0.4) is 0 Å². The monoisotopic (exact) mass is 297 g/mol. The van der Waals surface area contributed by atoms with Crippen LogP contribution >= 0.6 is 11.3 Å². The zero-order valence-electron chi connectivity index (χ0n) is 11.4. The normalized spacial score (nSPS) is 16.8. The second-order valence-electron chi connectivity index (χ2n) is 5.15. The Morgan fingerprint density at radius 1 is 1.43 bits per heavy atom. The number of amides is 1. The minimum atomic E-state index is -0.102. The molecule has 0 spiro atoms. The molecule has 1 atom stereocenters. The molecule has 1 aromatic heterocycles. The van der Waals surface area contributed by atoms with Gasteiger partial charge in [0.05, 0.1) is 28.9 Å². The van der Waals surface area contributed by atoms with Crippen molar-refractivity contribution in [1.82, 2.24) is 0 Å². The van der Waals surface area contributed by atoms with Gasteiger partial charge in [-0.15, -0.1) is 11.3 Å². The van der Waals surface area contributed by atoms with Crippen molar-refractivity contribution in [2.75, 3.05) is 11.1 Å². The lowest BCUT2D eigenvalue weighted by atomic mass is 9.87. The largest absolute Gasteiger partial charge is 0.397 e. The molecule has 1 unspecified atom stereocenters. The first kappa shape index (κ1) is 13.7. The second-order valence-corrected chi connectivity index (χ2v) is 6.15. The van der Waals surface area contributed by atoms with Gasteiger partial charge >= 0.3 is 0 Å². The SMILES string of the molecule is N#Cc1ccc(NC(=O)C2CCCc3sccc32)c(N)c1. The van der Waals surface area contributed by atoms with E-state index in [1.807, 2.05) is 17.5 Å². The van der Waals surface area contributed by atoms with Crippen molar-refractivity contribution in [3.63, 3.8) is 0 Å². The van der Waals surface area contributed by atoms with Gasteiger partial charge in [0.2, 0.25) is 5.91 Å². The fourth-order valence-corrected chi connectivity index (χ4v) is 3.71. The fraction of sp³-hybridized carbons (Fsp3) is 0.250. The van der Waals surface area contributed by atoms with E-state index in [1.54, 1.807) is 29.5 Å². The first-order chi connectivity index (χ1) is 10.2. The third-order valence-corrected chi connectivity index (χ3v) is 4.80. The summed E-state index contributed by atoms with van der Waals surface area (Å²) >= 11 is 1.72. The maximum Gasteiger partial charge on any atom is 0.232 e. The number of nitrogens with one attached hydrogen (secondary N) is 1. The van der Waals surface area contributed by atoms with Gasteiger partial charge in [0.25, 0.3) is 0 Å². The summed E-state index contributed by atoms with van der Waals surface area (Å²) in [6.45, 7) is 0. The van der Waals surface area contributed by atoms with Crippen LogP contribution in [-0.2, 0) is 11.2 Å². The van der Waals surface area contributed by atoms with Crippen molar-refractivity contribution in [3.8, 4) is 6.07 Å². The summed E-state index contributed by atoms with van der Waals surface area (Å²) < 4.78 is 0. The van der Waals surface area contributed by atoms with E-state index >= 15 is 0 Å². The van der Waals surface area contributed by atoms with Crippen LogP contribution in [-0.4, -0.2) is 5.91 Å². The Bertz CT molecular complexity index is 729. The van der Waals surface area contributed by atoms with E-state index in [2.05, 4.69) is 5.32 Å². The molecule has 1 amide bonds. The molecule has 1 aliphatic carbocycles. The Morgan fingerprint density at radius 3 is 3.05 bits per heavy atom. The van der Waals surface area contributed by atoms with Gasteiger partial charge in [-0.2, -0.15) is 5.26 Å². The number of hydrogen-bond donors (Lipinski definition) is 2. The number of hydrogen-bond acceptors (Lipinski definition) is 4. The summed E-state index contributed by atoms with van der Waals surface area (Å²) in [6, 6.07) is 8.99. The maximum absolute atomic E-state index is 12.5. The number of nitrogen functional groups attached to an aromatic ring is 1. The summed E-state index contributed by atoms with van der Waals surface area (Å²) in [6.07, 6.45) is 2.97. The molecule has 3 rings (SSSR count). The van der Waals surface area contributed by atoms with Crippen LogP contribution in [0.15, 0.2) is 29.6 Å². The van der Waals surface area contributed by atoms with Crippen molar-refractivity contribution in [1.29, 1.82) is 5.26 Å². The Hall–Kier alpha value is -2.32. The van der Waals surface area contributed by atoms with E-state index in [0.717, 1.165) is 24.8 Å². The molecule has 0 saturated heterocycles. The number of fused-ring (bicyclic) bond motifs is 1. The van der Waals surface area contributed by atoms with Gasteiger partial charge in [0.1, 0.15) is 0 Å². The maximum atomic E-state index is 12.5. The molecule has 0 fully saturated rings. The number of aryl methyl sites for hydroxylation is 1. The van der Waals surface area contributed by atoms with E-state index < -0.39 is 0 Å². The number of carbonyl (C=O) groups excluding carboxylic acids is 1. The molecule has 2 aromatic rings. The molecule has 3 N–H and O–H groups in total. The van der Waals surface area contributed by atoms with Gasteiger partial charge < -0.3 is 11.1 Å². The Labute approximate surface area is 127 Å². The summed E-state index contributed by atoms with van der Waals surface area (Å²) in [5, 5.41) is 13.8. The summed E-state index contributed by atoms with van der Waals surface area (Å²) in [5.74, 6) is -0.124. The fourth-order valence-electron chi connectivity index (χ4n) is 2.72. The van der Waals surface area contributed by atoms with Gasteiger partial charge in [-0.3, -0.25) is 4.79 Å². The van der Waals surface area contributed by atoms with Crippen LogP contribution in [0.25, 0.3) is 0 Å². The van der Waals surface area contributed by atoms with Gasteiger partial charge in [-0.1, -0.05) is 0 Å². The Balaban J connectivity index is 1.81. The predicted octanol–water partition coefficient (Wildman–Crippen LogP) is 3.26. The van der Waals surface area contributed by atoms with E-state index in [4.69, 9.17) is 11.0 Å². The smallest absolute Gasteiger partial charge is 0.232 e. The molecule has 4 nitrogen and oxygen atoms in total. The molecule has 1 aliphatic rings. The van der Waals surface area contributed by atoms with Gasteiger partial charge in [-0.05, 0) is 54.5 Å². The van der Waals surface area contributed by atoms with E-state index in [1.165, 1.54) is 4.88 Å². The highest BCUT2D eigenvalue weighted by Crippen LogP contribution is 2.36. The number of nitrogens with zero attached hydrogens (tertiary/aromatic N) is 1. The molecule has 5 heteroatoms. The van der Waals surface area contributed by atoms with Crippen LogP contribution in [0, 0.1) is 11.3 Å². The topological polar surface area (TPSA) is 78.9 Å². The highest BCUT2D eigenvalue weighted by molar-refractivity contribution is 7.10. The first-order valence-corrected chi connectivity index (χ1v) is 7.74. The number of rotatable bonds is 2. The summed E-state index contributed by atoms with van der Waals surface area (Å²) in [4.78, 5) is 13.8. The minimum absolute atomic E-state index is 0.0224. The van der Waals surface area contributed by atoms with Crippen LogP contribution in [0.2, 0.25) is 0 Å². The van der Waals surface area contributed by atoms with Crippen molar-refractivity contribution in [3.05, 3.63) is 45.6 Å². The highest BCUT2D eigenvalue weighted by Gasteiger charge is 2.27. The predicted molar refractivity (Wildman–Crippen MR) is 84.2 cm³/mol. The second kappa shape index (κ2) is 5.58. The van der Waals surface area contributed by atoms with Crippen LogP contribution in [0.4, 0.5) is 11.4 Å². The Kier molecular flexibility index (Phi) is 3.63. The lowest BCUT2D eigenvalue weighted by Gasteiger charge is -2.22. The minimum Gasteiger partial charge on any atom is -0.397 e. The zero-order valence-corrected chi connectivity index (χ0v) is 12.2. The quantitative estimate of drug-likeness (QED) is 0.835. The number of thiophene rings is 1.